The summed E-state index contributed by atoms with van der Waals surface area (Å²) >= 11 is 0. The van der Waals surface area contributed by atoms with Crippen molar-refractivity contribution in [3.8, 4) is 5.75 Å². The van der Waals surface area contributed by atoms with Crippen molar-refractivity contribution in [2.75, 3.05) is 13.2 Å². The lowest BCUT2D eigenvalue weighted by molar-refractivity contribution is 0.0230. The molecule has 2 saturated carbocycles. The maximum absolute atomic E-state index is 15.1. The molecule has 0 N–H and O–H groups in total. The molecular formula is C34H43F3O2. The van der Waals surface area contributed by atoms with Gasteiger partial charge in [0.15, 0.2) is 11.6 Å². The molecule has 4 rings (SSSR count). The molecule has 0 saturated heterocycles. The van der Waals surface area contributed by atoms with Crippen molar-refractivity contribution in [1.82, 2.24) is 0 Å². The number of hydrogen-bond donors (Lipinski definition) is 0. The van der Waals surface area contributed by atoms with Crippen LogP contribution in [-0.4, -0.2) is 19.3 Å². The van der Waals surface area contributed by atoms with Crippen LogP contribution in [0.15, 0.2) is 49.1 Å². The minimum Gasteiger partial charge on any atom is -0.493 e. The molecular weight excluding hydrogens is 497 g/mol. The van der Waals surface area contributed by atoms with E-state index in [2.05, 4.69) is 13.5 Å². The Morgan fingerprint density at radius 2 is 1.54 bits per heavy atom. The van der Waals surface area contributed by atoms with Gasteiger partial charge in [-0.2, -0.15) is 0 Å². The summed E-state index contributed by atoms with van der Waals surface area (Å²) < 4.78 is 56.3. The number of hydrogen-bond acceptors (Lipinski definition) is 2. The Hall–Kier alpha value is -2.53. The maximum Gasteiger partial charge on any atom is 0.166 e. The third-order valence-corrected chi connectivity index (χ3v) is 8.43. The van der Waals surface area contributed by atoms with Crippen molar-refractivity contribution in [2.45, 2.75) is 95.5 Å². The first kappa shape index (κ1) is 29.5. The molecule has 0 amide bonds. The Morgan fingerprint density at radius 3 is 2.23 bits per heavy atom. The molecule has 2 aliphatic carbocycles. The van der Waals surface area contributed by atoms with E-state index >= 15 is 8.78 Å². The second-order valence-electron chi connectivity index (χ2n) is 11.1. The van der Waals surface area contributed by atoms with Crippen molar-refractivity contribution in [1.29, 1.82) is 0 Å². The number of benzene rings is 2. The summed E-state index contributed by atoms with van der Waals surface area (Å²) in [5, 5.41) is 0. The highest BCUT2D eigenvalue weighted by Gasteiger charge is 2.27. The maximum atomic E-state index is 15.1. The van der Waals surface area contributed by atoms with E-state index < -0.39 is 11.6 Å². The minimum absolute atomic E-state index is 0.0481. The zero-order valence-corrected chi connectivity index (χ0v) is 23.3. The van der Waals surface area contributed by atoms with Gasteiger partial charge in [-0.25, -0.2) is 13.2 Å². The van der Waals surface area contributed by atoms with Crippen LogP contribution in [0.5, 0.6) is 5.75 Å². The monoisotopic (exact) mass is 540 g/mol. The van der Waals surface area contributed by atoms with Crippen LogP contribution in [0.1, 0.15) is 106 Å². The molecule has 2 nitrogen and oxygen atoms in total. The van der Waals surface area contributed by atoms with Gasteiger partial charge in [0.05, 0.1) is 12.7 Å². The molecule has 0 heterocycles. The zero-order chi connectivity index (χ0) is 27.6. The molecule has 39 heavy (non-hydrogen) atoms. The van der Waals surface area contributed by atoms with E-state index in [9.17, 15) is 4.39 Å². The van der Waals surface area contributed by atoms with Gasteiger partial charge in [-0.3, -0.25) is 0 Å². The lowest BCUT2D eigenvalue weighted by Gasteiger charge is -2.29. The summed E-state index contributed by atoms with van der Waals surface area (Å²) in [5.41, 5.74) is 1.53. The van der Waals surface area contributed by atoms with Crippen molar-refractivity contribution in [2.24, 2.45) is 5.92 Å². The Kier molecular flexibility index (Phi) is 11.1. The van der Waals surface area contributed by atoms with E-state index in [1.807, 2.05) is 18.2 Å². The van der Waals surface area contributed by atoms with E-state index in [0.717, 1.165) is 82.8 Å². The largest absolute Gasteiger partial charge is 0.493 e. The molecule has 0 atom stereocenters. The Balaban J connectivity index is 1.29. The lowest BCUT2D eigenvalue weighted by atomic mass is 9.78. The summed E-state index contributed by atoms with van der Waals surface area (Å²) in [4.78, 5) is 0. The molecule has 5 heteroatoms. The molecule has 2 fully saturated rings. The molecule has 2 aromatic carbocycles. The fourth-order valence-electron chi connectivity index (χ4n) is 6.01. The van der Waals surface area contributed by atoms with Crippen LogP contribution in [0.2, 0.25) is 0 Å². The van der Waals surface area contributed by atoms with Crippen LogP contribution < -0.4 is 4.74 Å². The van der Waals surface area contributed by atoms with Gasteiger partial charge in [0.1, 0.15) is 11.6 Å². The topological polar surface area (TPSA) is 18.5 Å². The summed E-state index contributed by atoms with van der Waals surface area (Å²) in [6.07, 6.45) is 15.6. The third-order valence-electron chi connectivity index (χ3n) is 8.43. The third kappa shape index (κ3) is 8.00. The second kappa shape index (κ2) is 14.7. The smallest absolute Gasteiger partial charge is 0.166 e. The summed E-state index contributed by atoms with van der Waals surface area (Å²) in [7, 11) is 0. The summed E-state index contributed by atoms with van der Waals surface area (Å²) in [6, 6.07) is 8.63. The van der Waals surface area contributed by atoms with Gasteiger partial charge in [-0.05, 0) is 99.2 Å². The average molecular weight is 541 g/mol. The Morgan fingerprint density at radius 1 is 0.846 bits per heavy atom. The van der Waals surface area contributed by atoms with Gasteiger partial charge >= 0.3 is 0 Å². The minimum atomic E-state index is -0.753. The van der Waals surface area contributed by atoms with Gasteiger partial charge in [0.25, 0.3) is 0 Å². The first-order valence-corrected chi connectivity index (χ1v) is 14.8. The van der Waals surface area contributed by atoms with Crippen LogP contribution in [-0.2, 0) is 4.74 Å². The van der Waals surface area contributed by atoms with Gasteiger partial charge in [-0.1, -0.05) is 49.8 Å². The average Bonchev–Trinajstić information content (AvgIpc) is 2.95. The highest BCUT2D eigenvalue weighted by molar-refractivity contribution is 5.52. The first-order chi connectivity index (χ1) is 19.0. The predicted molar refractivity (Wildman–Crippen MR) is 153 cm³/mol. The zero-order valence-electron chi connectivity index (χ0n) is 23.3. The predicted octanol–water partition coefficient (Wildman–Crippen LogP) is 9.89. The number of halogens is 3. The van der Waals surface area contributed by atoms with Gasteiger partial charge in [0.2, 0.25) is 0 Å². The molecule has 0 radical (unpaired) electrons. The first-order valence-electron chi connectivity index (χ1n) is 14.8. The van der Waals surface area contributed by atoms with Crippen molar-refractivity contribution >= 4 is 6.08 Å². The van der Waals surface area contributed by atoms with Crippen LogP contribution in [0.25, 0.3) is 6.08 Å². The number of ether oxygens (including phenoxy) is 2. The quantitative estimate of drug-likeness (QED) is 0.197. The Bertz CT molecular complexity index is 1100. The molecule has 212 valence electrons. The summed E-state index contributed by atoms with van der Waals surface area (Å²) in [6.45, 7) is 7.08. The second-order valence-corrected chi connectivity index (χ2v) is 11.1. The van der Waals surface area contributed by atoms with E-state index in [1.165, 1.54) is 6.07 Å². The fourth-order valence-corrected chi connectivity index (χ4v) is 6.01. The number of unbranched alkanes of at least 4 members (excludes halogenated alkanes) is 1. The van der Waals surface area contributed by atoms with Gasteiger partial charge < -0.3 is 9.47 Å². The van der Waals surface area contributed by atoms with Crippen LogP contribution in [0.4, 0.5) is 13.2 Å². The Labute approximate surface area is 232 Å². The van der Waals surface area contributed by atoms with Gasteiger partial charge in [-0.15, -0.1) is 6.58 Å². The highest BCUT2D eigenvalue weighted by Crippen LogP contribution is 2.39. The van der Waals surface area contributed by atoms with E-state index in [4.69, 9.17) is 9.47 Å². The van der Waals surface area contributed by atoms with Crippen LogP contribution in [0.3, 0.4) is 0 Å². The molecule has 0 aromatic heterocycles. The van der Waals surface area contributed by atoms with Crippen molar-refractivity contribution in [3.05, 3.63) is 83.2 Å². The normalized spacial score (nSPS) is 23.7. The van der Waals surface area contributed by atoms with Crippen LogP contribution >= 0.6 is 0 Å². The van der Waals surface area contributed by atoms with E-state index in [-0.39, 0.29) is 29.7 Å². The van der Waals surface area contributed by atoms with E-state index in [0.29, 0.717) is 23.5 Å². The van der Waals surface area contributed by atoms with Gasteiger partial charge in [0, 0.05) is 18.2 Å². The fraction of sp³-hybridized carbons (Fsp3) is 0.529. The molecule has 0 unspecified atom stereocenters. The molecule has 0 spiro atoms. The summed E-state index contributed by atoms with van der Waals surface area (Å²) in [5.74, 6) is -0.653. The molecule has 0 bridgehead atoms. The SMILES string of the molecule is C=CCCOc1ccc(C2CCC(/C=C/c3ccc(C4CCC(OCCCC)CC4)c(F)c3F)CC2)c(F)c1. The number of allylic oxidation sites excluding steroid dienone is 1. The van der Waals surface area contributed by atoms with E-state index in [1.54, 1.807) is 24.3 Å². The highest BCUT2D eigenvalue weighted by atomic mass is 19.2. The molecule has 0 aliphatic heterocycles. The van der Waals surface area contributed by atoms with Crippen molar-refractivity contribution < 1.29 is 22.6 Å². The molecule has 2 aliphatic rings. The standard InChI is InChI=1S/C34H43F3O2/c1-3-5-21-38-28-16-13-26(14-17-28)31-19-15-27(33(36)34(31)37)12-9-24-7-10-25(11-8-24)30-20-18-29(23-32(30)35)39-22-6-4-2/h4,9,12,15,18-20,23-26,28H,2-3,5-8,10-11,13-14,16-17,21-22H2,1H3/b12-9+. The van der Waals surface area contributed by atoms with Crippen LogP contribution in [0, 0.1) is 23.4 Å². The van der Waals surface area contributed by atoms with Crippen molar-refractivity contribution in [3.63, 3.8) is 0 Å². The number of rotatable bonds is 12. The molecule has 2 aromatic rings. The lowest BCUT2D eigenvalue weighted by Crippen LogP contribution is -2.22.